The van der Waals surface area contributed by atoms with Gasteiger partial charge in [-0.15, -0.1) is 0 Å². The van der Waals surface area contributed by atoms with Crippen LogP contribution in [-0.2, 0) is 11.2 Å². The van der Waals surface area contributed by atoms with E-state index in [0.29, 0.717) is 41.1 Å². The fourth-order valence-electron chi connectivity index (χ4n) is 2.57. The molecule has 0 atom stereocenters. The number of nitrogens with one attached hydrogen (secondary N) is 1. The van der Waals surface area contributed by atoms with Gasteiger partial charge in [0.05, 0.1) is 21.3 Å². The fraction of sp³-hybridized carbons (Fsp3) is 0.263. The molecule has 3 aromatic rings. The molecule has 0 radical (unpaired) electrons. The molecule has 28 heavy (non-hydrogen) atoms. The lowest BCUT2D eigenvalue weighted by atomic mass is 10.2. The Balaban J connectivity index is 1.63. The van der Waals surface area contributed by atoms with Gasteiger partial charge in [-0.05, 0) is 12.1 Å². The SMILES string of the molecule is COc1cc(NC(=O)CCc2nc(-c3ccncc3)no2)cc(OC)c1OC. The van der Waals surface area contributed by atoms with Crippen molar-refractivity contribution in [2.75, 3.05) is 26.6 Å². The molecule has 2 heterocycles. The molecule has 0 bridgehead atoms. The van der Waals surface area contributed by atoms with Crippen LogP contribution in [0.3, 0.4) is 0 Å². The van der Waals surface area contributed by atoms with Gasteiger partial charge in [0.1, 0.15) is 0 Å². The molecular formula is C19H20N4O5. The van der Waals surface area contributed by atoms with Gasteiger partial charge < -0.3 is 24.1 Å². The van der Waals surface area contributed by atoms with Crippen LogP contribution >= 0.6 is 0 Å². The first-order valence-electron chi connectivity index (χ1n) is 8.47. The lowest BCUT2D eigenvalue weighted by molar-refractivity contribution is -0.116. The molecule has 0 unspecified atom stereocenters. The number of amides is 1. The molecule has 0 aliphatic carbocycles. The second-order valence-electron chi connectivity index (χ2n) is 5.71. The van der Waals surface area contributed by atoms with Gasteiger partial charge in [0, 0.05) is 48.6 Å². The highest BCUT2D eigenvalue weighted by atomic mass is 16.5. The van der Waals surface area contributed by atoms with Crippen LogP contribution in [-0.4, -0.2) is 42.4 Å². The van der Waals surface area contributed by atoms with Crippen LogP contribution in [0.5, 0.6) is 17.2 Å². The second-order valence-corrected chi connectivity index (χ2v) is 5.71. The lowest BCUT2D eigenvalue weighted by Crippen LogP contribution is -2.12. The summed E-state index contributed by atoms with van der Waals surface area (Å²) in [5, 5.41) is 6.72. The number of hydrogen-bond acceptors (Lipinski definition) is 8. The Kier molecular flexibility index (Phi) is 6.05. The molecule has 1 aromatic carbocycles. The Morgan fingerprint density at radius 2 is 1.75 bits per heavy atom. The molecule has 9 nitrogen and oxygen atoms in total. The van der Waals surface area contributed by atoms with Gasteiger partial charge in [-0.3, -0.25) is 9.78 Å². The number of carbonyl (C=O) groups is 1. The van der Waals surface area contributed by atoms with Crippen LogP contribution in [0.2, 0.25) is 0 Å². The van der Waals surface area contributed by atoms with E-state index in [0.717, 1.165) is 5.56 Å². The third kappa shape index (κ3) is 4.37. The number of carbonyl (C=O) groups excluding carboxylic acids is 1. The summed E-state index contributed by atoms with van der Waals surface area (Å²) in [5.41, 5.74) is 1.33. The normalized spacial score (nSPS) is 10.4. The Morgan fingerprint density at radius 1 is 1.07 bits per heavy atom. The van der Waals surface area contributed by atoms with E-state index >= 15 is 0 Å². The van der Waals surface area contributed by atoms with Crippen LogP contribution in [0.1, 0.15) is 12.3 Å². The number of nitrogens with zero attached hydrogens (tertiary/aromatic N) is 3. The third-order valence-electron chi connectivity index (χ3n) is 3.92. The quantitative estimate of drug-likeness (QED) is 0.631. The van der Waals surface area contributed by atoms with Crippen molar-refractivity contribution in [2.24, 2.45) is 0 Å². The minimum absolute atomic E-state index is 0.175. The zero-order valence-electron chi connectivity index (χ0n) is 15.8. The number of benzene rings is 1. The molecule has 2 aromatic heterocycles. The van der Waals surface area contributed by atoms with E-state index in [2.05, 4.69) is 20.4 Å². The molecule has 146 valence electrons. The standard InChI is InChI=1S/C19H20N4O5/c1-25-14-10-13(11-15(26-2)18(14)27-3)21-16(24)4-5-17-22-19(23-28-17)12-6-8-20-9-7-12/h6-11H,4-5H2,1-3H3,(H,21,24). The number of rotatable bonds is 8. The maximum atomic E-state index is 12.3. The molecular weight excluding hydrogens is 364 g/mol. The second kappa shape index (κ2) is 8.85. The first-order valence-corrected chi connectivity index (χ1v) is 8.47. The van der Waals surface area contributed by atoms with E-state index in [1.54, 1.807) is 36.7 Å². The summed E-state index contributed by atoms with van der Waals surface area (Å²) in [5.74, 6) is 2.00. The number of ether oxygens (including phenoxy) is 3. The minimum Gasteiger partial charge on any atom is -0.493 e. The van der Waals surface area contributed by atoms with Gasteiger partial charge in [0.15, 0.2) is 11.5 Å². The number of hydrogen-bond donors (Lipinski definition) is 1. The Morgan fingerprint density at radius 3 is 2.36 bits per heavy atom. The molecule has 0 aliphatic rings. The number of methoxy groups -OCH3 is 3. The summed E-state index contributed by atoms with van der Waals surface area (Å²) in [6.45, 7) is 0. The predicted octanol–water partition coefficient (Wildman–Crippen LogP) is 2.73. The van der Waals surface area contributed by atoms with Crippen LogP contribution in [0.15, 0.2) is 41.2 Å². The van der Waals surface area contributed by atoms with Crippen molar-refractivity contribution in [3.63, 3.8) is 0 Å². The van der Waals surface area contributed by atoms with E-state index in [9.17, 15) is 4.79 Å². The average Bonchev–Trinajstić information content (AvgIpc) is 3.21. The molecule has 1 amide bonds. The minimum atomic E-state index is -0.210. The smallest absolute Gasteiger partial charge is 0.227 e. The van der Waals surface area contributed by atoms with E-state index in [1.165, 1.54) is 21.3 Å². The Hall–Kier alpha value is -3.62. The van der Waals surface area contributed by atoms with E-state index < -0.39 is 0 Å². The van der Waals surface area contributed by atoms with E-state index in [1.807, 2.05) is 0 Å². The predicted molar refractivity (Wildman–Crippen MR) is 101 cm³/mol. The first-order chi connectivity index (χ1) is 13.6. The molecule has 0 saturated carbocycles. The largest absolute Gasteiger partial charge is 0.493 e. The van der Waals surface area contributed by atoms with Gasteiger partial charge in [0.25, 0.3) is 0 Å². The highest BCUT2D eigenvalue weighted by molar-refractivity contribution is 5.91. The topological polar surface area (TPSA) is 109 Å². The van der Waals surface area contributed by atoms with Gasteiger partial charge in [-0.25, -0.2) is 0 Å². The Labute approximate surface area is 161 Å². The fourth-order valence-corrected chi connectivity index (χ4v) is 2.57. The zero-order chi connectivity index (χ0) is 19.9. The van der Waals surface area contributed by atoms with Crippen LogP contribution in [0.25, 0.3) is 11.4 Å². The number of aryl methyl sites for hydroxylation is 1. The zero-order valence-corrected chi connectivity index (χ0v) is 15.8. The highest BCUT2D eigenvalue weighted by Gasteiger charge is 2.15. The van der Waals surface area contributed by atoms with Crippen LogP contribution in [0, 0.1) is 0 Å². The molecule has 0 saturated heterocycles. The molecule has 0 aliphatic heterocycles. The van der Waals surface area contributed by atoms with Crippen molar-refractivity contribution in [2.45, 2.75) is 12.8 Å². The summed E-state index contributed by atoms with van der Waals surface area (Å²) < 4.78 is 21.0. The first kappa shape index (κ1) is 19.2. The van der Waals surface area contributed by atoms with Crippen molar-refractivity contribution in [3.8, 4) is 28.6 Å². The number of aromatic nitrogens is 3. The molecule has 1 N–H and O–H groups in total. The van der Waals surface area contributed by atoms with Crippen molar-refractivity contribution >= 4 is 11.6 Å². The van der Waals surface area contributed by atoms with E-state index in [-0.39, 0.29) is 12.3 Å². The molecule has 3 rings (SSSR count). The lowest BCUT2D eigenvalue weighted by Gasteiger charge is -2.14. The summed E-state index contributed by atoms with van der Waals surface area (Å²) in [7, 11) is 4.54. The highest BCUT2D eigenvalue weighted by Crippen LogP contribution is 2.39. The van der Waals surface area contributed by atoms with E-state index in [4.69, 9.17) is 18.7 Å². The van der Waals surface area contributed by atoms with Crippen molar-refractivity contribution in [1.29, 1.82) is 0 Å². The van der Waals surface area contributed by atoms with Crippen molar-refractivity contribution in [3.05, 3.63) is 42.5 Å². The van der Waals surface area contributed by atoms with Crippen LogP contribution < -0.4 is 19.5 Å². The van der Waals surface area contributed by atoms with Crippen molar-refractivity contribution in [1.82, 2.24) is 15.1 Å². The summed E-state index contributed by atoms with van der Waals surface area (Å²) in [6, 6.07) is 6.89. The van der Waals surface area contributed by atoms with Gasteiger partial charge in [-0.1, -0.05) is 5.16 Å². The number of anilines is 1. The van der Waals surface area contributed by atoms with Crippen LogP contribution in [0.4, 0.5) is 5.69 Å². The van der Waals surface area contributed by atoms with Gasteiger partial charge in [0.2, 0.25) is 23.4 Å². The summed E-state index contributed by atoms with van der Waals surface area (Å²) in [6.07, 6.45) is 3.79. The monoisotopic (exact) mass is 384 g/mol. The summed E-state index contributed by atoms with van der Waals surface area (Å²) >= 11 is 0. The molecule has 0 spiro atoms. The molecule has 9 heteroatoms. The number of pyridine rings is 1. The van der Waals surface area contributed by atoms with Gasteiger partial charge >= 0.3 is 0 Å². The third-order valence-corrected chi connectivity index (χ3v) is 3.92. The van der Waals surface area contributed by atoms with Crippen molar-refractivity contribution < 1.29 is 23.5 Å². The maximum absolute atomic E-state index is 12.3. The maximum Gasteiger partial charge on any atom is 0.227 e. The van der Waals surface area contributed by atoms with Gasteiger partial charge in [-0.2, -0.15) is 4.98 Å². The molecule has 0 fully saturated rings. The Bertz CT molecular complexity index is 918. The summed E-state index contributed by atoms with van der Waals surface area (Å²) in [4.78, 5) is 20.5. The average molecular weight is 384 g/mol.